The first kappa shape index (κ1) is 27.5. The Morgan fingerprint density at radius 3 is 2.38 bits per heavy atom. The van der Waals surface area contributed by atoms with Crippen molar-refractivity contribution in [1.82, 2.24) is 14.4 Å². The minimum absolute atomic E-state index is 0.0291. The molecule has 3 aromatic rings. The quantitative estimate of drug-likeness (QED) is 0.278. The van der Waals surface area contributed by atoms with E-state index < -0.39 is 0 Å². The molecule has 6 heteroatoms. The van der Waals surface area contributed by atoms with Crippen LogP contribution in [-0.2, 0) is 22.7 Å². The Hall–Kier alpha value is -3.05. The van der Waals surface area contributed by atoms with Crippen molar-refractivity contribution in [2.45, 2.75) is 83.5 Å². The third-order valence-electron chi connectivity index (χ3n) is 8.44. The van der Waals surface area contributed by atoms with E-state index in [9.17, 15) is 9.59 Å². The fourth-order valence-electron chi connectivity index (χ4n) is 6.05. The zero-order valence-electron chi connectivity index (χ0n) is 23.1. The maximum Gasteiger partial charge on any atom is 0.242 e. The van der Waals surface area contributed by atoms with Crippen LogP contribution < -0.4 is 0 Å². The second-order valence-corrected chi connectivity index (χ2v) is 11.9. The average molecular weight is 546 g/mol. The molecule has 39 heavy (non-hydrogen) atoms. The van der Waals surface area contributed by atoms with E-state index in [-0.39, 0.29) is 42.3 Å². The summed E-state index contributed by atoms with van der Waals surface area (Å²) in [4.78, 5) is 31.5. The average Bonchev–Trinajstić information content (AvgIpc) is 3.64. The maximum absolute atomic E-state index is 14.0. The van der Waals surface area contributed by atoms with Crippen molar-refractivity contribution in [3.8, 4) is 0 Å². The molecule has 5 nitrogen and oxygen atoms in total. The Kier molecular flexibility index (Phi) is 8.76. The molecular weight excluding hydrogens is 506 g/mol. The predicted molar refractivity (Wildman–Crippen MR) is 157 cm³/mol. The third kappa shape index (κ3) is 6.58. The summed E-state index contributed by atoms with van der Waals surface area (Å²) in [5.74, 6) is 0.389. The van der Waals surface area contributed by atoms with E-state index in [1.807, 2.05) is 67.3 Å². The van der Waals surface area contributed by atoms with Gasteiger partial charge in [-0.15, -0.1) is 0 Å². The van der Waals surface area contributed by atoms with Crippen molar-refractivity contribution in [3.05, 3.63) is 94.8 Å². The van der Waals surface area contributed by atoms with E-state index in [4.69, 9.17) is 11.6 Å². The van der Waals surface area contributed by atoms with Crippen LogP contribution >= 0.6 is 11.6 Å². The maximum atomic E-state index is 14.0. The Morgan fingerprint density at radius 1 is 0.949 bits per heavy atom. The molecule has 2 aromatic carbocycles. The lowest BCUT2D eigenvalue weighted by Crippen LogP contribution is -2.49. The zero-order valence-corrected chi connectivity index (χ0v) is 23.9. The molecule has 2 atom stereocenters. The summed E-state index contributed by atoms with van der Waals surface area (Å²) < 4.78 is 2.18. The number of carbonyl (C=O) groups is 2. The lowest BCUT2D eigenvalue weighted by atomic mass is 9.94. The number of amides is 2. The minimum atomic E-state index is -0.0317. The monoisotopic (exact) mass is 545 g/mol. The molecule has 2 unspecified atom stereocenters. The van der Waals surface area contributed by atoms with Gasteiger partial charge in [0.2, 0.25) is 11.8 Å². The van der Waals surface area contributed by atoms with Crippen LogP contribution in [0.4, 0.5) is 0 Å². The number of halogens is 1. The molecule has 0 spiro atoms. The first-order valence-corrected chi connectivity index (χ1v) is 14.8. The lowest BCUT2D eigenvalue weighted by molar-refractivity contribution is -0.145. The second-order valence-electron chi connectivity index (χ2n) is 11.5. The second kappa shape index (κ2) is 12.4. The largest absolute Gasteiger partial charge is 0.345 e. The van der Waals surface area contributed by atoms with Gasteiger partial charge in [0, 0.05) is 41.5 Å². The molecule has 0 saturated heterocycles. The van der Waals surface area contributed by atoms with Gasteiger partial charge < -0.3 is 14.4 Å². The van der Waals surface area contributed by atoms with Gasteiger partial charge >= 0.3 is 0 Å². The zero-order chi connectivity index (χ0) is 27.4. The van der Waals surface area contributed by atoms with Crippen LogP contribution in [0.15, 0.2) is 72.9 Å². The molecule has 206 valence electrons. The van der Waals surface area contributed by atoms with Crippen LogP contribution in [0.1, 0.15) is 75.1 Å². The van der Waals surface area contributed by atoms with Crippen molar-refractivity contribution in [3.63, 3.8) is 0 Å². The molecule has 1 heterocycles. The summed E-state index contributed by atoms with van der Waals surface area (Å²) in [6, 6.07) is 22.5. The van der Waals surface area contributed by atoms with Gasteiger partial charge in [0.1, 0.15) is 6.54 Å². The van der Waals surface area contributed by atoms with Gasteiger partial charge in [-0.3, -0.25) is 9.59 Å². The predicted octanol–water partition coefficient (Wildman–Crippen LogP) is 6.89. The van der Waals surface area contributed by atoms with Gasteiger partial charge in [-0.2, -0.15) is 0 Å². The molecule has 0 radical (unpaired) electrons. The Labute approximate surface area is 237 Å². The number of rotatable bonds is 10. The van der Waals surface area contributed by atoms with E-state index >= 15 is 0 Å². The molecule has 2 aliphatic rings. The highest BCUT2D eigenvalue weighted by Crippen LogP contribution is 2.48. The Balaban J connectivity index is 1.32. The van der Waals surface area contributed by atoms with Gasteiger partial charge in [0.05, 0.1) is 6.54 Å². The molecule has 2 saturated carbocycles. The lowest BCUT2D eigenvalue weighted by Gasteiger charge is -2.37. The molecule has 5 rings (SSSR count). The summed E-state index contributed by atoms with van der Waals surface area (Å²) in [6.45, 7) is 5.37. The number of aromatic nitrogens is 1. The highest BCUT2D eigenvalue weighted by atomic mass is 35.5. The summed E-state index contributed by atoms with van der Waals surface area (Å²) in [5, 5.41) is 0.748. The molecule has 2 aliphatic carbocycles. The van der Waals surface area contributed by atoms with E-state index in [2.05, 4.69) is 33.9 Å². The smallest absolute Gasteiger partial charge is 0.242 e. The first-order chi connectivity index (χ1) is 18.9. The minimum Gasteiger partial charge on any atom is -0.345 e. The van der Waals surface area contributed by atoms with Crippen LogP contribution in [0.5, 0.6) is 0 Å². The Bertz CT molecular complexity index is 1260. The SMILES string of the molecule is CC(C)N(CC(=O)N(Cc1cccn1Cc1ccccc1Cl)C1CCCCC1)C(=O)C1CC1c1ccccc1. The molecule has 2 fully saturated rings. The molecule has 0 bridgehead atoms. The van der Waals surface area contributed by atoms with Crippen molar-refractivity contribution < 1.29 is 9.59 Å². The topological polar surface area (TPSA) is 45.6 Å². The summed E-state index contributed by atoms with van der Waals surface area (Å²) in [6.07, 6.45) is 8.47. The first-order valence-electron chi connectivity index (χ1n) is 14.4. The van der Waals surface area contributed by atoms with Gasteiger partial charge in [0.15, 0.2) is 0 Å². The van der Waals surface area contributed by atoms with E-state index in [1.54, 1.807) is 0 Å². The molecule has 1 aromatic heterocycles. The Morgan fingerprint density at radius 2 is 1.67 bits per heavy atom. The summed E-state index contributed by atoms with van der Waals surface area (Å²) >= 11 is 6.45. The van der Waals surface area contributed by atoms with Crippen LogP contribution in [0.25, 0.3) is 0 Å². The van der Waals surface area contributed by atoms with Crippen molar-refractivity contribution in [1.29, 1.82) is 0 Å². The third-order valence-corrected chi connectivity index (χ3v) is 8.81. The standard InChI is InChI=1S/C33H40ClN3O2/c1-24(2)36(33(39)30-20-29(30)25-12-5-3-6-13-25)23-32(38)37(27-15-7-4-8-16-27)22-28-17-11-19-35(28)21-26-14-9-10-18-31(26)34/h3,5-6,9-14,17-19,24,27,29-30H,4,7-8,15-16,20-23H2,1-2H3. The number of nitrogens with zero attached hydrogens (tertiary/aromatic N) is 3. The van der Waals surface area contributed by atoms with Gasteiger partial charge in [0.25, 0.3) is 0 Å². The molecule has 0 aliphatic heterocycles. The highest BCUT2D eigenvalue weighted by molar-refractivity contribution is 6.31. The fraction of sp³-hybridized carbons (Fsp3) is 0.455. The van der Waals surface area contributed by atoms with Crippen LogP contribution in [0.2, 0.25) is 5.02 Å². The molecule has 2 amide bonds. The normalized spacial score (nSPS) is 19.2. The highest BCUT2D eigenvalue weighted by Gasteiger charge is 2.46. The fourth-order valence-corrected chi connectivity index (χ4v) is 6.24. The van der Waals surface area contributed by atoms with Crippen molar-refractivity contribution >= 4 is 23.4 Å². The van der Waals surface area contributed by atoms with Gasteiger partial charge in [-0.25, -0.2) is 0 Å². The summed E-state index contributed by atoms with van der Waals surface area (Å²) in [5.41, 5.74) is 3.36. The van der Waals surface area contributed by atoms with E-state index in [0.717, 1.165) is 48.4 Å². The number of hydrogen-bond acceptors (Lipinski definition) is 2. The number of carbonyl (C=O) groups excluding carboxylic acids is 2. The van der Waals surface area contributed by atoms with E-state index in [0.29, 0.717) is 13.1 Å². The van der Waals surface area contributed by atoms with Crippen molar-refractivity contribution in [2.75, 3.05) is 6.54 Å². The van der Waals surface area contributed by atoms with Crippen LogP contribution in [0.3, 0.4) is 0 Å². The van der Waals surface area contributed by atoms with Crippen LogP contribution in [-0.4, -0.2) is 44.8 Å². The van der Waals surface area contributed by atoms with Crippen molar-refractivity contribution in [2.24, 2.45) is 5.92 Å². The van der Waals surface area contributed by atoms with Gasteiger partial charge in [-0.1, -0.05) is 79.4 Å². The van der Waals surface area contributed by atoms with Gasteiger partial charge in [-0.05, 0) is 68.4 Å². The van der Waals surface area contributed by atoms with E-state index in [1.165, 1.54) is 12.0 Å². The number of hydrogen-bond donors (Lipinski definition) is 0. The summed E-state index contributed by atoms with van der Waals surface area (Å²) in [7, 11) is 0. The van der Waals surface area contributed by atoms with Crippen LogP contribution in [0, 0.1) is 5.92 Å². The molecular formula is C33H40ClN3O2. The number of benzene rings is 2. The molecule has 0 N–H and O–H groups in total.